The Bertz CT molecular complexity index is 454. The molecule has 3 heteroatoms. The lowest BCUT2D eigenvalue weighted by molar-refractivity contribution is -0.0620. The first kappa shape index (κ1) is 12.0. The first-order valence-electron chi connectivity index (χ1n) is 6.80. The van der Waals surface area contributed by atoms with Crippen LogP contribution in [-0.4, -0.2) is 12.1 Å². The molecule has 0 amide bonds. The van der Waals surface area contributed by atoms with E-state index in [0.29, 0.717) is 5.56 Å². The predicted molar refractivity (Wildman–Crippen MR) is 69.0 cm³/mol. The highest BCUT2D eigenvalue weighted by Crippen LogP contribution is 2.53. The molecule has 1 spiro atoms. The van der Waals surface area contributed by atoms with Gasteiger partial charge in [0.1, 0.15) is 17.7 Å². The fourth-order valence-electron chi connectivity index (χ4n) is 3.52. The van der Waals surface area contributed by atoms with E-state index in [1.165, 1.54) is 31.7 Å². The van der Waals surface area contributed by atoms with E-state index in [0.717, 1.165) is 12.2 Å². The average molecular weight is 249 g/mol. The molecule has 1 aromatic rings. The lowest BCUT2D eigenvalue weighted by Gasteiger charge is -2.52. The van der Waals surface area contributed by atoms with Gasteiger partial charge in [0.05, 0.1) is 0 Å². The van der Waals surface area contributed by atoms with Crippen LogP contribution in [0, 0.1) is 18.2 Å². The summed E-state index contributed by atoms with van der Waals surface area (Å²) in [5.41, 5.74) is 7.01. The Morgan fingerprint density at radius 2 is 2.06 bits per heavy atom. The summed E-state index contributed by atoms with van der Waals surface area (Å²) < 4.78 is 19.3. The van der Waals surface area contributed by atoms with Crippen LogP contribution in [0.5, 0.6) is 5.75 Å². The Morgan fingerprint density at radius 1 is 1.33 bits per heavy atom. The van der Waals surface area contributed by atoms with Crippen molar-refractivity contribution in [1.82, 2.24) is 0 Å². The van der Waals surface area contributed by atoms with E-state index in [-0.39, 0.29) is 23.4 Å². The molecule has 0 aliphatic heterocycles. The van der Waals surface area contributed by atoms with Crippen LogP contribution < -0.4 is 10.5 Å². The molecule has 0 saturated heterocycles. The normalized spacial score (nSPS) is 29.3. The zero-order chi connectivity index (χ0) is 12.8. The van der Waals surface area contributed by atoms with Crippen molar-refractivity contribution in [3.05, 3.63) is 29.6 Å². The van der Waals surface area contributed by atoms with Crippen LogP contribution >= 0.6 is 0 Å². The highest BCUT2D eigenvalue weighted by molar-refractivity contribution is 5.30. The molecule has 18 heavy (non-hydrogen) atoms. The van der Waals surface area contributed by atoms with Gasteiger partial charge in [0.25, 0.3) is 0 Å². The minimum absolute atomic E-state index is 0.178. The third-order valence-electron chi connectivity index (χ3n) is 4.79. The summed E-state index contributed by atoms with van der Waals surface area (Å²) in [7, 11) is 0. The fraction of sp³-hybridized carbons (Fsp3) is 0.600. The number of hydrogen-bond acceptors (Lipinski definition) is 2. The van der Waals surface area contributed by atoms with Crippen molar-refractivity contribution < 1.29 is 9.13 Å². The number of ether oxygens (including phenoxy) is 1. The standard InChI is InChI=1S/C15H20FNO/c1-10-8-11(4-5-12(10)16)18-14-9-13(17)15(14)6-2-3-7-15/h4-5,8,13-14H,2-3,6-7,9,17H2,1H3. The number of rotatable bonds is 2. The van der Waals surface area contributed by atoms with Crippen LogP contribution in [0.1, 0.15) is 37.7 Å². The SMILES string of the molecule is Cc1cc(OC2CC(N)C23CCCC3)ccc1F. The highest BCUT2D eigenvalue weighted by atomic mass is 19.1. The number of benzene rings is 1. The van der Waals surface area contributed by atoms with Gasteiger partial charge in [0.15, 0.2) is 0 Å². The summed E-state index contributed by atoms with van der Waals surface area (Å²) in [6, 6.07) is 5.26. The smallest absolute Gasteiger partial charge is 0.126 e. The van der Waals surface area contributed by atoms with Crippen molar-refractivity contribution in [2.75, 3.05) is 0 Å². The molecule has 2 aliphatic carbocycles. The van der Waals surface area contributed by atoms with Gasteiger partial charge < -0.3 is 10.5 Å². The topological polar surface area (TPSA) is 35.2 Å². The van der Waals surface area contributed by atoms with Gasteiger partial charge in [0, 0.05) is 17.9 Å². The van der Waals surface area contributed by atoms with Crippen LogP contribution in [0.3, 0.4) is 0 Å². The van der Waals surface area contributed by atoms with E-state index in [1.807, 2.05) is 0 Å². The van der Waals surface area contributed by atoms with Gasteiger partial charge in [0.2, 0.25) is 0 Å². The fourth-order valence-corrected chi connectivity index (χ4v) is 3.52. The van der Waals surface area contributed by atoms with Crippen molar-refractivity contribution in [2.24, 2.45) is 11.1 Å². The van der Waals surface area contributed by atoms with Crippen molar-refractivity contribution in [3.8, 4) is 5.75 Å². The number of aryl methyl sites for hydroxylation is 1. The maximum atomic E-state index is 13.2. The number of hydrogen-bond donors (Lipinski definition) is 1. The Labute approximate surface area is 107 Å². The van der Waals surface area contributed by atoms with Crippen LogP contribution in [0.2, 0.25) is 0 Å². The predicted octanol–water partition coefficient (Wildman–Crippen LogP) is 3.17. The average Bonchev–Trinajstić information content (AvgIpc) is 2.85. The summed E-state index contributed by atoms with van der Waals surface area (Å²) in [6.45, 7) is 1.76. The van der Waals surface area contributed by atoms with Crippen LogP contribution in [0.15, 0.2) is 18.2 Å². The van der Waals surface area contributed by atoms with Crippen LogP contribution in [0.4, 0.5) is 4.39 Å². The van der Waals surface area contributed by atoms with E-state index in [9.17, 15) is 4.39 Å². The second kappa shape index (κ2) is 4.23. The molecule has 3 rings (SSSR count). The molecule has 2 unspecified atom stereocenters. The zero-order valence-corrected chi connectivity index (χ0v) is 10.8. The molecule has 0 aromatic heterocycles. The first-order chi connectivity index (χ1) is 8.62. The molecule has 2 atom stereocenters. The summed E-state index contributed by atoms with van der Waals surface area (Å²) in [5.74, 6) is 0.598. The monoisotopic (exact) mass is 249 g/mol. The van der Waals surface area contributed by atoms with Gasteiger partial charge in [-0.15, -0.1) is 0 Å². The van der Waals surface area contributed by atoms with Crippen molar-refractivity contribution in [1.29, 1.82) is 0 Å². The van der Waals surface area contributed by atoms with E-state index < -0.39 is 0 Å². The molecular formula is C15H20FNO. The lowest BCUT2D eigenvalue weighted by atomic mass is 9.61. The van der Waals surface area contributed by atoms with Gasteiger partial charge in [-0.2, -0.15) is 0 Å². The molecule has 2 fully saturated rings. The molecular weight excluding hydrogens is 229 g/mol. The van der Waals surface area contributed by atoms with Crippen molar-refractivity contribution in [3.63, 3.8) is 0 Å². The Balaban J connectivity index is 1.75. The molecule has 2 aliphatic rings. The Hall–Kier alpha value is -1.09. The van der Waals surface area contributed by atoms with Crippen molar-refractivity contribution in [2.45, 2.75) is 51.2 Å². The maximum absolute atomic E-state index is 13.2. The molecule has 0 heterocycles. The minimum Gasteiger partial charge on any atom is -0.490 e. The van der Waals surface area contributed by atoms with Crippen molar-refractivity contribution >= 4 is 0 Å². The summed E-state index contributed by atoms with van der Waals surface area (Å²) in [6.07, 6.45) is 6.03. The third kappa shape index (κ3) is 1.72. The maximum Gasteiger partial charge on any atom is 0.126 e. The summed E-state index contributed by atoms with van der Waals surface area (Å²) >= 11 is 0. The first-order valence-corrected chi connectivity index (χ1v) is 6.80. The molecule has 2 saturated carbocycles. The molecule has 2 N–H and O–H groups in total. The van der Waals surface area contributed by atoms with E-state index in [1.54, 1.807) is 19.1 Å². The van der Waals surface area contributed by atoms with Gasteiger partial charge in [-0.05, 0) is 43.5 Å². The third-order valence-corrected chi connectivity index (χ3v) is 4.79. The molecule has 98 valence electrons. The van der Waals surface area contributed by atoms with Gasteiger partial charge >= 0.3 is 0 Å². The molecule has 1 aromatic carbocycles. The quantitative estimate of drug-likeness (QED) is 0.873. The highest BCUT2D eigenvalue weighted by Gasteiger charge is 2.56. The van der Waals surface area contributed by atoms with Gasteiger partial charge in [-0.3, -0.25) is 0 Å². The Kier molecular flexibility index (Phi) is 2.81. The molecule has 0 radical (unpaired) electrons. The number of nitrogens with two attached hydrogens (primary N) is 1. The largest absolute Gasteiger partial charge is 0.490 e. The second-order valence-electron chi connectivity index (χ2n) is 5.80. The zero-order valence-electron chi connectivity index (χ0n) is 10.8. The van der Waals surface area contributed by atoms with E-state index in [4.69, 9.17) is 10.5 Å². The minimum atomic E-state index is -0.178. The number of halogens is 1. The van der Waals surface area contributed by atoms with E-state index in [2.05, 4.69) is 0 Å². The van der Waals surface area contributed by atoms with E-state index >= 15 is 0 Å². The van der Waals surface area contributed by atoms with Crippen LogP contribution in [-0.2, 0) is 0 Å². The summed E-state index contributed by atoms with van der Waals surface area (Å²) in [5, 5.41) is 0. The molecule has 0 bridgehead atoms. The Morgan fingerprint density at radius 3 is 2.67 bits per heavy atom. The van der Waals surface area contributed by atoms with Gasteiger partial charge in [-0.25, -0.2) is 4.39 Å². The van der Waals surface area contributed by atoms with Gasteiger partial charge in [-0.1, -0.05) is 12.8 Å². The second-order valence-corrected chi connectivity index (χ2v) is 5.80. The summed E-state index contributed by atoms with van der Waals surface area (Å²) in [4.78, 5) is 0. The molecule has 2 nitrogen and oxygen atoms in total. The van der Waals surface area contributed by atoms with Crippen LogP contribution in [0.25, 0.3) is 0 Å². The lowest BCUT2D eigenvalue weighted by Crippen LogP contribution is -2.62.